The molecule has 2 nitrogen and oxygen atoms in total. The molecule has 0 aromatic rings. The Labute approximate surface area is 54.4 Å². The van der Waals surface area contributed by atoms with Crippen molar-refractivity contribution in [2.45, 2.75) is 18.6 Å². The van der Waals surface area contributed by atoms with E-state index in [0.717, 1.165) is 0 Å². The van der Waals surface area contributed by atoms with Crippen molar-refractivity contribution < 1.29 is 10.2 Å². The van der Waals surface area contributed by atoms with Crippen LogP contribution in [0, 0.1) is 0 Å². The molecule has 50 valence electrons. The van der Waals surface area contributed by atoms with Crippen LogP contribution in [-0.4, -0.2) is 17.1 Å². The van der Waals surface area contributed by atoms with Gasteiger partial charge in [-0.15, -0.1) is 13.2 Å². The number of epoxide rings is 1. The smallest absolute Gasteiger partial charge is 0.157 e. The van der Waals surface area contributed by atoms with Crippen LogP contribution in [0.5, 0.6) is 0 Å². The molecule has 8 heavy (non-hydrogen) atoms. The lowest BCUT2D eigenvalue weighted by Gasteiger charge is -1.55. The summed E-state index contributed by atoms with van der Waals surface area (Å²) in [6.45, 7) is 7.94. The van der Waals surface area contributed by atoms with E-state index < -0.39 is 0 Å². The zero-order chi connectivity index (χ0) is 5.86. The third kappa shape index (κ3) is 4.12. The Hall–Kier alpha value is -0.0500. The third-order valence-corrected chi connectivity index (χ3v) is 1.09. The van der Waals surface area contributed by atoms with Gasteiger partial charge in [0.05, 0.1) is 6.10 Å². The maximum absolute atomic E-state index is 5.31. The van der Waals surface area contributed by atoms with Crippen molar-refractivity contribution in [3.63, 3.8) is 0 Å². The molecule has 0 radical (unpaired) electrons. The fraction of sp³-hybridized carbons (Fsp3) is 0.600. The number of hydrogen-bond acceptors (Lipinski definition) is 1. The highest BCUT2D eigenvalue weighted by molar-refractivity contribution is 6.21. The summed E-state index contributed by atoms with van der Waals surface area (Å²) in [4.78, 5) is 0. The average molecular weight is 139 g/mol. The van der Waals surface area contributed by atoms with E-state index >= 15 is 0 Å². The molecule has 1 aliphatic rings. The van der Waals surface area contributed by atoms with Crippen molar-refractivity contribution in [3.8, 4) is 0 Å². The van der Waals surface area contributed by atoms with Gasteiger partial charge in [-0.2, -0.15) is 0 Å². The van der Waals surface area contributed by atoms with Crippen molar-refractivity contribution in [2.24, 2.45) is 0 Å². The van der Waals surface area contributed by atoms with Crippen LogP contribution in [0.1, 0.15) is 6.92 Å². The van der Waals surface area contributed by atoms with E-state index in [9.17, 15) is 0 Å². The number of rotatable bonds is 0. The van der Waals surface area contributed by atoms with Gasteiger partial charge in [0.2, 0.25) is 0 Å². The van der Waals surface area contributed by atoms with E-state index in [2.05, 4.69) is 17.9 Å². The van der Waals surface area contributed by atoms with Gasteiger partial charge in [-0.1, -0.05) is 11.6 Å². The third-order valence-electron chi connectivity index (χ3n) is 0.637. The van der Waals surface area contributed by atoms with E-state index in [1.165, 1.54) is 0 Å². The van der Waals surface area contributed by atoms with Gasteiger partial charge in [0.25, 0.3) is 0 Å². The first kappa shape index (κ1) is 10.8. The molecule has 1 rings (SSSR count). The van der Waals surface area contributed by atoms with Crippen LogP contribution in [-0.2, 0) is 4.74 Å². The molecule has 0 spiro atoms. The summed E-state index contributed by atoms with van der Waals surface area (Å²) in [6, 6.07) is 0. The molecule has 0 aliphatic carbocycles. The Morgan fingerprint density at radius 2 is 1.62 bits per heavy atom. The molecule has 2 unspecified atom stereocenters. The second-order valence-electron chi connectivity index (χ2n) is 1.19. The first-order valence-corrected chi connectivity index (χ1v) is 2.54. The molecule has 2 atom stereocenters. The Morgan fingerprint density at radius 1 is 1.50 bits per heavy atom. The second kappa shape index (κ2) is 5.09. The normalized spacial score (nSPS) is 31.2. The van der Waals surface area contributed by atoms with Crippen LogP contribution in [0.2, 0.25) is 0 Å². The lowest BCUT2D eigenvalue weighted by molar-refractivity contribution is 0.411. The van der Waals surface area contributed by atoms with Crippen LogP contribution in [0.3, 0.4) is 0 Å². The minimum Gasteiger partial charge on any atom is -0.412 e. The Morgan fingerprint density at radius 3 is 1.62 bits per heavy atom. The van der Waals surface area contributed by atoms with Crippen molar-refractivity contribution in [1.82, 2.24) is 0 Å². The summed E-state index contributed by atoms with van der Waals surface area (Å²) in [6.07, 6.45) is 0.316. The van der Waals surface area contributed by atoms with Gasteiger partial charge in [0, 0.05) is 0 Å². The predicted octanol–water partition coefficient (Wildman–Crippen LogP) is 0.948. The van der Waals surface area contributed by atoms with Gasteiger partial charge in [-0.3, -0.25) is 0 Å². The van der Waals surface area contributed by atoms with Crippen LogP contribution < -0.4 is 0 Å². The van der Waals surface area contributed by atoms with Gasteiger partial charge in [0.15, 0.2) is 5.56 Å². The Balaban J connectivity index is 0. The van der Waals surface area contributed by atoms with Gasteiger partial charge in [-0.05, 0) is 6.92 Å². The SMILES string of the molecule is C=C.CC1OC1Cl.O. The topological polar surface area (TPSA) is 44.0 Å². The van der Waals surface area contributed by atoms with E-state index in [0.29, 0.717) is 6.10 Å². The quantitative estimate of drug-likeness (QED) is 0.279. The first-order chi connectivity index (χ1) is 3.30. The molecule has 3 heteroatoms. The Bertz CT molecular complexity index is 52.4. The molecule has 1 aliphatic heterocycles. The van der Waals surface area contributed by atoms with E-state index in [1.54, 1.807) is 0 Å². The van der Waals surface area contributed by atoms with Gasteiger partial charge in [0.1, 0.15) is 0 Å². The second-order valence-corrected chi connectivity index (χ2v) is 1.62. The molecule has 0 bridgehead atoms. The average Bonchev–Trinajstić information content (AvgIpc) is 2.27. The van der Waals surface area contributed by atoms with Gasteiger partial charge >= 0.3 is 0 Å². The molecule has 1 fully saturated rings. The molecule has 1 heterocycles. The molecular weight excluding hydrogens is 128 g/mol. The highest BCUT2D eigenvalue weighted by Gasteiger charge is 2.30. The zero-order valence-corrected chi connectivity index (χ0v) is 5.61. The van der Waals surface area contributed by atoms with E-state index in [1.807, 2.05) is 6.92 Å². The minimum atomic E-state index is 0. The zero-order valence-electron chi connectivity index (χ0n) is 4.86. The standard InChI is InChI=1S/C3H5ClO.C2H4.H2O/c1-2-3(4)5-2;1-2;/h2-3H,1H3;1-2H2;1H2. The number of halogens is 1. The van der Waals surface area contributed by atoms with Crippen LogP contribution in [0.25, 0.3) is 0 Å². The van der Waals surface area contributed by atoms with Crippen LogP contribution >= 0.6 is 11.6 Å². The summed E-state index contributed by atoms with van der Waals surface area (Å²) in [5, 5.41) is 0. The first-order valence-electron chi connectivity index (χ1n) is 2.10. The number of ether oxygens (including phenoxy) is 1. The summed E-state index contributed by atoms with van der Waals surface area (Å²) < 4.78 is 4.68. The van der Waals surface area contributed by atoms with Crippen LogP contribution in [0.15, 0.2) is 13.2 Å². The summed E-state index contributed by atoms with van der Waals surface area (Å²) >= 11 is 5.31. The summed E-state index contributed by atoms with van der Waals surface area (Å²) in [5.74, 6) is 0. The molecule has 1 saturated heterocycles. The highest BCUT2D eigenvalue weighted by atomic mass is 35.5. The van der Waals surface area contributed by atoms with E-state index in [4.69, 9.17) is 11.6 Å². The van der Waals surface area contributed by atoms with Crippen molar-refractivity contribution in [1.29, 1.82) is 0 Å². The predicted molar refractivity (Wildman–Crippen MR) is 35.1 cm³/mol. The lowest BCUT2D eigenvalue weighted by atomic mass is 10.6. The molecule has 0 aromatic carbocycles. The van der Waals surface area contributed by atoms with Crippen molar-refractivity contribution in [3.05, 3.63) is 13.2 Å². The van der Waals surface area contributed by atoms with Gasteiger partial charge < -0.3 is 10.2 Å². The maximum atomic E-state index is 5.31. The maximum Gasteiger partial charge on any atom is 0.157 e. The monoisotopic (exact) mass is 138 g/mol. The van der Waals surface area contributed by atoms with Crippen molar-refractivity contribution >= 4 is 11.6 Å². The van der Waals surface area contributed by atoms with E-state index in [-0.39, 0.29) is 11.0 Å². The molecule has 0 amide bonds. The largest absolute Gasteiger partial charge is 0.412 e. The summed E-state index contributed by atoms with van der Waals surface area (Å²) in [7, 11) is 0. The molecule has 2 N–H and O–H groups in total. The number of hydrogen-bond donors (Lipinski definition) is 0. The van der Waals surface area contributed by atoms with Crippen molar-refractivity contribution in [2.75, 3.05) is 0 Å². The fourth-order valence-electron chi connectivity index (χ4n) is 0.160. The summed E-state index contributed by atoms with van der Waals surface area (Å²) in [5.41, 5.74) is 0.0231. The highest BCUT2D eigenvalue weighted by Crippen LogP contribution is 2.23. The number of alkyl halides is 1. The fourth-order valence-corrected chi connectivity index (χ4v) is 0.322. The molecular formula is C5H11ClO2. The molecule has 0 saturated carbocycles. The minimum absolute atomic E-state index is 0. The van der Waals surface area contributed by atoms with Gasteiger partial charge in [-0.25, -0.2) is 0 Å². The molecule has 0 aromatic heterocycles. The van der Waals surface area contributed by atoms with Crippen LogP contribution in [0.4, 0.5) is 0 Å². The lowest BCUT2D eigenvalue weighted by Crippen LogP contribution is -1.69. The Kier molecular flexibility index (Phi) is 6.91.